The molecule has 134 valence electrons. The molecular formula is C17H20IN3O4. The Morgan fingerprint density at radius 2 is 1.88 bits per heavy atom. The second-order valence-electron chi connectivity index (χ2n) is 6.30. The lowest BCUT2D eigenvalue weighted by molar-refractivity contribution is -0.149. The van der Waals surface area contributed by atoms with Gasteiger partial charge in [0.05, 0.1) is 0 Å². The minimum absolute atomic E-state index is 0.132. The number of nitrogens with one attached hydrogen (secondary N) is 1. The number of carbonyl (C=O) groups excluding carboxylic acids is 3. The minimum atomic E-state index is -0.689. The number of carbonyl (C=O) groups is 3. The summed E-state index contributed by atoms with van der Waals surface area (Å²) >= 11 is 2.30. The summed E-state index contributed by atoms with van der Waals surface area (Å²) in [5.74, 6) is 0.0193. The number of halogens is 1. The Labute approximate surface area is 159 Å². The van der Waals surface area contributed by atoms with Crippen LogP contribution < -0.4 is 5.32 Å². The van der Waals surface area contributed by atoms with E-state index < -0.39 is 18.0 Å². The van der Waals surface area contributed by atoms with Crippen molar-refractivity contribution in [3.05, 3.63) is 33.4 Å². The lowest BCUT2D eigenvalue weighted by Gasteiger charge is -2.31. The smallest absolute Gasteiger partial charge is 0.326 e. The van der Waals surface area contributed by atoms with Gasteiger partial charge in [0, 0.05) is 16.7 Å². The van der Waals surface area contributed by atoms with Crippen LogP contribution in [0.1, 0.15) is 24.8 Å². The van der Waals surface area contributed by atoms with Crippen LogP contribution in [0.2, 0.25) is 0 Å². The lowest BCUT2D eigenvalue weighted by Crippen LogP contribution is -2.43. The van der Waals surface area contributed by atoms with Crippen LogP contribution in [0, 0.1) is 9.49 Å². The molecule has 7 nitrogen and oxygen atoms in total. The van der Waals surface area contributed by atoms with Gasteiger partial charge in [-0.25, -0.2) is 9.59 Å². The lowest BCUT2D eigenvalue weighted by atomic mass is 9.91. The molecule has 2 aliphatic heterocycles. The number of urea groups is 1. The highest BCUT2D eigenvalue weighted by atomic mass is 127. The van der Waals surface area contributed by atoms with E-state index in [1.54, 1.807) is 4.90 Å². The third-order valence-corrected chi connectivity index (χ3v) is 5.32. The summed E-state index contributed by atoms with van der Waals surface area (Å²) in [6.07, 6.45) is 3.30. The summed E-state index contributed by atoms with van der Waals surface area (Å²) in [6, 6.07) is 7.86. The SMILES string of the molecule is O=C(ON1C(=O)CNC1=O)N1CCC(CCc2ccc(I)cc2)CC1. The van der Waals surface area contributed by atoms with Crippen molar-refractivity contribution in [2.75, 3.05) is 19.6 Å². The predicted octanol–water partition coefficient (Wildman–Crippen LogP) is 2.54. The van der Waals surface area contributed by atoms with E-state index >= 15 is 0 Å². The van der Waals surface area contributed by atoms with Crippen LogP contribution in [-0.2, 0) is 16.1 Å². The molecule has 0 atom stereocenters. The zero-order chi connectivity index (χ0) is 17.8. The van der Waals surface area contributed by atoms with Gasteiger partial charge < -0.3 is 15.1 Å². The standard InChI is InChI=1S/C17H20IN3O4/c18-14-5-3-12(4-6-14)1-2-13-7-9-20(10-8-13)17(24)25-21-15(22)11-19-16(21)23/h3-6,13H,1-2,7-11H2,(H,19,23). The zero-order valence-corrected chi connectivity index (χ0v) is 15.9. The Morgan fingerprint density at radius 3 is 2.48 bits per heavy atom. The fourth-order valence-electron chi connectivity index (χ4n) is 3.06. The van der Waals surface area contributed by atoms with Gasteiger partial charge in [-0.1, -0.05) is 17.2 Å². The van der Waals surface area contributed by atoms with Crippen molar-refractivity contribution < 1.29 is 19.2 Å². The molecule has 0 bridgehead atoms. The van der Waals surface area contributed by atoms with Gasteiger partial charge in [-0.2, -0.15) is 0 Å². The molecule has 0 spiro atoms. The van der Waals surface area contributed by atoms with Crippen molar-refractivity contribution in [3.63, 3.8) is 0 Å². The van der Waals surface area contributed by atoms with Crippen molar-refractivity contribution in [2.45, 2.75) is 25.7 Å². The average Bonchev–Trinajstić information content (AvgIpc) is 2.93. The molecule has 0 aliphatic carbocycles. The molecule has 2 fully saturated rings. The second kappa shape index (κ2) is 8.03. The Hall–Kier alpha value is -1.84. The van der Waals surface area contributed by atoms with E-state index in [0.29, 0.717) is 24.1 Å². The number of hydrogen-bond acceptors (Lipinski definition) is 4. The van der Waals surface area contributed by atoms with Crippen molar-refractivity contribution in [1.29, 1.82) is 0 Å². The van der Waals surface area contributed by atoms with E-state index in [1.165, 1.54) is 9.13 Å². The zero-order valence-electron chi connectivity index (χ0n) is 13.7. The summed E-state index contributed by atoms with van der Waals surface area (Å²) in [6.45, 7) is 1.03. The molecule has 1 N–H and O–H groups in total. The quantitative estimate of drug-likeness (QED) is 0.557. The molecule has 2 heterocycles. The molecule has 0 saturated carbocycles. The van der Waals surface area contributed by atoms with Gasteiger partial charge in [0.2, 0.25) is 0 Å². The Morgan fingerprint density at radius 1 is 1.20 bits per heavy atom. The number of amides is 4. The maximum Gasteiger partial charge on any atom is 0.434 e. The molecule has 0 aromatic heterocycles. The first-order valence-corrected chi connectivity index (χ1v) is 9.43. The van der Waals surface area contributed by atoms with Gasteiger partial charge >= 0.3 is 12.1 Å². The van der Waals surface area contributed by atoms with E-state index in [-0.39, 0.29) is 6.54 Å². The van der Waals surface area contributed by atoms with Crippen LogP contribution in [0.5, 0.6) is 0 Å². The summed E-state index contributed by atoms with van der Waals surface area (Å²) in [5, 5.41) is 2.82. The second-order valence-corrected chi connectivity index (χ2v) is 7.55. The van der Waals surface area contributed by atoms with E-state index in [9.17, 15) is 14.4 Å². The number of rotatable bonds is 4. The van der Waals surface area contributed by atoms with Gasteiger partial charge in [-0.15, -0.1) is 0 Å². The molecule has 2 aliphatic rings. The first kappa shape index (κ1) is 18.0. The van der Waals surface area contributed by atoms with Crippen molar-refractivity contribution in [3.8, 4) is 0 Å². The van der Waals surface area contributed by atoms with Crippen molar-refractivity contribution in [1.82, 2.24) is 15.3 Å². The molecule has 25 heavy (non-hydrogen) atoms. The molecule has 0 radical (unpaired) electrons. The number of hydroxylamine groups is 2. The summed E-state index contributed by atoms with van der Waals surface area (Å²) in [4.78, 5) is 41.4. The topological polar surface area (TPSA) is 79.0 Å². The summed E-state index contributed by atoms with van der Waals surface area (Å²) in [5.41, 5.74) is 1.33. The third-order valence-electron chi connectivity index (χ3n) is 4.60. The fraction of sp³-hybridized carbons (Fsp3) is 0.471. The van der Waals surface area contributed by atoms with E-state index in [0.717, 1.165) is 25.7 Å². The van der Waals surface area contributed by atoms with Crippen LogP contribution >= 0.6 is 22.6 Å². The maximum atomic E-state index is 12.1. The van der Waals surface area contributed by atoms with Crippen LogP contribution in [0.4, 0.5) is 9.59 Å². The van der Waals surface area contributed by atoms with E-state index in [4.69, 9.17) is 4.84 Å². The number of piperidine rings is 1. The average molecular weight is 457 g/mol. The number of likely N-dealkylation sites (tertiary alicyclic amines) is 1. The van der Waals surface area contributed by atoms with Gasteiger partial charge in [-0.05, 0) is 71.9 Å². The number of benzene rings is 1. The van der Waals surface area contributed by atoms with E-state index in [2.05, 4.69) is 52.2 Å². The molecular weight excluding hydrogens is 437 g/mol. The van der Waals surface area contributed by atoms with Crippen molar-refractivity contribution in [2.24, 2.45) is 5.92 Å². The molecule has 0 unspecified atom stereocenters. The Balaban J connectivity index is 1.42. The number of hydrogen-bond donors (Lipinski definition) is 1. The van der Waals surface area contributed by atoms with Crippen LogP contribution in [-0.4, -0.2) is 47.6 Å². The largest absolute Gasteiger partial charge is 0.434 e. The number of nitrogens with zero attached hydrogens (tertiary/aromatic N) is 2. The van der Waals surface area contributed by atoms with E-state index in [1.807, 2.05) is 0 Å². The fourth-order valence-corrected chi connectivity index (χ4v) is 3.42. The normalized spacial score (nSPS) is 18.4. The highest BCUT2D eigenvalue weighted by molar-refractivity contribution is 14.1. The molecule has 1 aromatic carbocycles. The van der Waals surface area contributed by atoms with Gasteiger partial charge in [-0.3, -0.25) is 4.79 Å². The van der Waals surface area contributed by atoms with Gasteiger partial charge in [0.1, 0.15) is 6.54 Å². The summed E-state index contributed by atoms with van der Waals surface area (Å²) < 4.78 is 1.23. The van der Waals surface area contributed by atoms with Crippen LogP contribution in [0.25, 0.3) is 0 Å². The summed E-state index contributed by atoms with van der Waals surface area (Å²) in [7, 11) is 0. The van der Waals surface area contributed by atoms with Gasteiger partial charge in [0.25, 0.3) is 5.91 Å². The first-order valence-electron chi connectivity index (χ1n) is 8.35. The maximum absolute atomic E-state index is 12.1. The molecule has 8 heteroatoms. The monoisotopic (exact) mass is 457 g/mol. The molecule has 1 aromatic rings. The minimum Gasteiger partial charge on any atom is -0.326 e. The molecule has 3 rings (SSSR count). The number of imide groups is 1. The predicted molar refractivity (Wildman–Crippen MR) is 98.5 cm³/mol. The highest BCUT2D eigenvalue weighted by Crippen LogP contribution is 2.23. The Kier molecular flexibility index (Phi) is 5.77. The number of aryl methyl sites for hydroxylation is 1. The molecule has 4 amide bonds. The first-order chi connectivity index (χ1) is 12.0. The van der Waals surface area contributed by atoms with Crippen molar-refractivity contribution >= 4 is 40.6 Å². The molecule has 2 saturated heterocycles. The van der Waals surface area contributed by atoms with Crippen LogP contribution in [0.15, 0.2) is 24.3 Å². The Bertz CT molecular complexity index is 640. The third kappa shape index (κ3) is 4.62. The highest BCUT2D eigenvalue weighted by Gasteiger charge is 2.34. The van der Waals surface area contributed by atoms with Gasteiger partial charge in [0.15, 0.2) is 0 Å². The van der Waals surface area contributed by atoms with Crippen LogP contribution in [0.3, 0.4) is 0 Å².